The number of hydrogen-bond donors (Lipinski definition) is 1. The number of alkyl halides is 2. The predicted octanol–water partition coefficient (Wildman–Crippen LogP) is 2.80. The molecule has 1 saturated carbocycles. The Hall–Kier alpha value is -1.24. The van der Waals surface area contributed by atoms with Crippen LogP contribution in [0.2, 0.25) is 0 Å². The van der Waals surface area contributed by atoms with E-state index in [1.165, 1.54) is 18.4 Å². The van der Waals surface area contributed by atoms with Crippen molar-refractivity contribution in [2.24, 2.45) is 0 Å². The fourth-order valence-electron chi connectivity index (χ4n) is 2.05. The lowest BCUT2D eigenvalue weighted by Crippen LogP contribution is -2.23. The molecule has 18 heavy (non-hydrogen) atoms. The summed E-state index contributed by atoms with van der Waals surface area (Å²) in [5.74, 6) is -3.18. The highest BCUT2D eigenvalue weighted by Gasteiger charge is 2.36. The van der Waals surface area contributed by atoms with Crippen molar-refractivity contribution in [1.82, 2.24) is 4.98 Å². The minimum Gasteiger partial charge on any atom is -0.464 e. The molecule has 1 aromatic heterocycles. The van der Waals surface area contributed by atoms with Gasteiger partial charge in [0.1, 0.15) is 5.00 Å². The van der Waals surface area contributed by atoms with E-state index in [1.807, 2.05) is 0 Å². The zero-order valence-electron chi connectivity index (χ0n) is 9.91. The van der Waals surface area contributed by atoms with E-state index < -0.39 is 11.9 Å². The van der Waals surface area contributed by atoms with Gasteiger partial charge in [0.25, 0.3) is 0 Å². The van der Waals surface area contributed by atoms with Crippen molar-refractivity contribution in [1.29, 1.82) is 0 Å². The number of halogens is 2. The first-order valence-electron chi connectivity index (χ1n) is 5.65. The van der Waals surface area contributed by atoms with Gasteiger partial charge in [0.15, 0.2) is 5.69 Å². The zero-order valence-corrected chi connectivity index (χ0v) is 10.7. The largest absolute Gasteiger partial charge is 0.464 e. The minimum absolute atomic E-state index is 0.0321. The second kappa shape index (κ2) is 4.79. The number of carbonyl (C=O) groups is 1. The first-order chi connectivity index (χ1) is 8.43. The van der Waals surface area contributed by atoms with Crippen molar-refractivity contribution >= 4 is 22.3 Å². The predicted molar refractivity (Wildman–Crippen MR) is 64.0 cm³/mol. The second-order valence-corrected chi connectivity index (χ2v) is 5.45. The Morgan fingerprint density at radius 2 is 2.11 bits per heavy atom. The number of rotatable bonds is 2. The highest BCUT2D eigenvalue weighted by Crippen LogP contribution is 2.42. The van der Waals surface area contributed by atoms with Crippen LogP contribution >= 0.6 is 11.3 Å². The van der Waals surface area contributed by atoms with E-state index in [-0.39, 0.29) is 29.5 Å². The van der Waals surface area contributed by atoms with Crippen molar-refractivity contribution < 1.29 is 18.3 Å². The van der Waals surface area contributed by atoms with Gasteiger partial charge in [-0.1, -0.05) is 0 Å². The van der Waals surface area contributed by atoms with E-state index in [4.69, 9.17) is 5.73 Å². The molecule has 7 heteroatoms. The Balaban J connectivity index is 2.13. The normalized spacial score (nSPS) is 19.7. The van der Waals surface area contributed by atoms with Gasteiger partial charge in [0.2, 0.25) is 5.92 Å². The molecule has 0 aromatic carbocycles. The number of ether oxygens (including phenoxy) is 1. The van der Waals surface area contributed by atoms with Crippen molar-refractivity contribution in [3.8, 4) is 0 Å². The number of methoxy groups -OCH3 is 1. The maximum Gasteiger partial charge on any atom is 0.359 e. The zero-order chi connectivity index (χ0) is 13.3. The number of aromatic nitrogens is 1. The van der Waals surface area contributed by atoms with Gasteiger partial charge in [-0.25, -0.2) is 18.6 Å². The van der Waals surface area contributed by atoms with Crippen LogP contribution in [0.15, 0.2) is 0 Å². The summed E-state index contributed by atoms with van der Waals surface area (Å²) < 4.78 is 30.6. The third-order valence-corrected chi connectivity index (χ3v) is 4.16. The van der Waals surface area contributed by atoms with E-state index in [0.717, 1.165) is 0 Å². The van der Waals surface area contributed by atoms with Crippen LogP contribution in [-0.2, 0) is 4.74 Å². The van der Waals surface area contributed by atoms with Crippen LogP contribution in [0.25, 0.3) is 0 Å². The molecule has 0 atom stereocenters. The van der Waals surface area contributed by atoms with Gasteiger partial charge in [-0.3, -0.25) is 0 Å². The Labute approximate surface area is 107 Å². The number of nitrogens with zero attached hydrogens (tertiary/aromatic N) is 1. The van der Waals surface area contributed by atoms with Gasteiger partial charge in [-0.05, 0) is 12.8 Å². The molecule has 1 aromatic rings. The lowest BCUT2D eigenvalue weighted by Gasteiger charge is -2.26. The maximum absolute atomic E-state index is 13.0. The van der Waals surface area contributed by atoms with E-state index in [9.17, 15) is 13.6 Å². The number of carbonyl (C=O) groups excluding carboxylic acids is 1. The summed E-state index contributed by atoms with van der Waals surface area (Å²) in [7, 11) is 1.25. The molecule has 0 bridgehead atoms. The summed E-state index contributed by atoms with van der Waals surface area (Å²) in [5.41, 5.74) is 5.78. The summed E-state index contributed by atoms with van der Waals surface area (Å²) in [6.07, 6.45) is 0.483. The molecule has 1 aliphatic rings. The highest BCUT2D eigenvalue weighted by atomic mass is 32.1. The van der Waals surface area contributed by atoms with Crippen LogP contribution < -0.4 is 5.73 Å². The Bertz CT molecular complexity index is 452. The molecule has 0 amide bonds. The minimum atomic E-state index is -2.56. The molecule has 1 heterocycles. The molecule has 4 nitrogen and oxygen atoms in total. The van der Waals surface area contributed by atoms with Gasteiger partial charge in [0.05, 0.1) is 12.1 Å². The summed E-state index contributed by atoms with van der Waals surface area (Å²) in [6.45, 7) is 0. The Morgan fingerprint density at radius 3 is 2.67 bits per heavy atom. The van der Waals surface area contributed by atoms with Gasteiger partial charge >= 0.3 is 5.97 Å². The standard InChI is InChI=1S/C11H14F2N2O2S/c1-17-10(16)7-8(14)18-9(15-7)6-2-4-11(12,13)5-3-6/h6H,2-5,14H2,1H3. The molecular formula is C11H14F2N2O2S. The third-order valence-electron chi connectivity index (χ3n) is 3.12. The van der Waals surface area contributed by atoms with Crippen LogP contribution in [0, 0.1) is 0 Å². The molecule has 0 saturated heterocycles. The van der Waals surface area contributed by atoms with Gasteiger partial charge < -0.3 is 10.5 Å². The van der Waals surface area contributed by atoms with Crippen LogP contribution in [0.4, 0.5) is 13.8 Å². The lowest BCUT2D eigenvalue weighted by atomic mass is 9.87. The van der Waals surface area contributed by atoms with E-state index in [1.54, 1.807) is 0 Å². The third kappa shape index (κ3) is 2.60. The van der Waals surface area contributed by atoms with Crippen molar-refractivity contribution in [2.45, 2.75) is 37.5 Å². The maximum atomic E-state index is 13.0. The first-order valence-corrected chi connectivity index (χ1v) is 6.47. The van der Waals surface area contributed by atoms with Crippen LogP contribution in [0.1, 0.15) is 47.1 Å². The van der Waals surface area contributed by atoms with E-state index in [2.05, 4.69) is 9.72 Å². The topological polar surface area (TPSA) is 65.2 Å². The molecule has 1 aliphatic carbocycles. The summed E-state index contributed by atoms with van der Waals surface area (Å²) in [4.78, 5) is 15.5. The number of hydrogen-bond acceptors (Lipinski definition) is 5. The average Bonchev–Trinajstić information content (AvgIpc) is 2.70. The van der Waals surface area contributed by atoms with Gasteiger partial charge in [-0.2, -0.15) is 0 Å². The molecule has 0 radical (unpaired) electrons. The first kappa shape index (κ1) is 13.2. The fourth-order valence-corrected chi connectivity index (χ4v) is 3.04. The molecule has 0 unspecified atom stereocenters. The summed E-state index contributed by atoms with van der Waals surface area (Å²) in [5, 5.41) is 0.942. The van der Waals surface area contributed by atoms with E-state index >= 15 is 0 Å². The molecule has 100 valence electrons. The molecular weight excluding hydrogens is 262 g/mol. The van der Waals surface area contributed by atoms with Gasteiger partial charge in [0, 0.05) is 18.8 Å². The van der Waals surface area contributed by atoms with Crippen molar-refractivity contribution in [3.63, 3.8) is 0 Å². The molecule has 2 N–H and O–H groups in total. The van der Waals surface area contributed by atoms with Gasteiger partial charge in [-0.15, -0.1) is 11.3 Å². The molecule has 1 fully saturated rings. The number of nitrogens with two attached hydrogens (primary N) is 1. The van der Waals surface area contributed by atoms with Crippen molar-refractivity contribution in [3.05, 3.63) is 10.7 Å². The lowest BCUT2D eigenvalue weighted by molar-refractivity contribution is -0.0382. The number of nitrogen functional groups attached to an aromatic ring is 1. The monoisotopic (exact) mass is 276 g/mol. The number of anilines is 1. The van der Waals surface area contributed by atoms with Crippen LogP contribution in [-0.4, -0.2) is 24.0 Å². The Morgan fingerprint density at radius 1 is 1.50 bits per heavy atom. The fraction of sp³-hybridized carbons (Fsp3) is 0.636. The molecule has 0 spiro atoms. The number of esters is 1. The quantitative estimate of drug-likeness (QED) is 0.843. The number of thiazole rings is 1. The van der Waals surface area contributed by atoms with Crippen LogP contribution in [0.3, 0.4) is 0 Å². The smallest absolute Gasteiger partial charge is 0.359 e. The average molecular weight is 276 g/mol. The SMILES string of the molecule is COC(=O)c1nc(C2CCC(F)(F)CC2)sc1N. The van der Waals surface area contributed by atoms with Crippen LogP contribution in [0.5, 0.6) is 0 Å². The second-order valence-electron chi connectivity index (χ2n) is 4.39. The molecule has 2 rings (SSSR count). The Kier molecular flexibility index (Phi) is 3.52. The van der Waals surface area contributed by atoms with E-state index in [0.29, 0.717) is 17.8 Å². The summed E-state index contributed by atoms with van der Waals surface area (Å²) in [6, 6.07) is 0. The molecule has 0 aliphatic heterocycles. The highest BCUT2D eigenvalue weighted by molar-refractivity contribution is 7.16. The van der Waals surface area contributed by atoms with Crippen molar-refractivity contribution in [2.75, 3.05) is 12.8 Å². The summed E-state index contributed by atoms with van der Waals surface area (Å²) >= 11 is 1.19.